The first-order chi connectivity index (χ1) is 9.65. The van der Waals surface area contributed by atoms with Gasteiger partial charge < -0.3 is 14.9 Å². The molecule has 2 atom stereocenters. The second-order valence-electron chi connectivity index (χ2n) is 6.59. The van der Waals surface area contributed by atoms with Gasteiger partial charge in [-0.05, 0) is 43.9 Å². The van der Waals surface area contributed by atoms with Crippen LogP contribution in [0.3, 0.4) is 0 Å². The van der Waals surface area contributed by atoms with Crippen molar-refractivity contribution in [3.05, 3.63) is 0 Å². The van der Waals surface area contributed by atoms with Crippen LogP contribution < -0.4 is 0 Å². The molecule has 5 heteroatoms. The quantitative estimate of drug-likeness (QED) is 0.858. The Morgan fingerprint density at radius 1 is 1.10 bits per heavy atom. The summed E-state index contributed by atoms with van der Waals surface area (Å²) in [5, 5.41) is 9.03. The second-order valence-corrected chi connectivity index (χ2v) is 6.59. The molecule has 0 aromatic carbocycles. The number of nitrogens with zero attached hydrogens (tertiary/aromatic N) is 2. The van der Waals surface area contributed by atoms with Crippen LogP contribution in [0.25, 0.3) is 0 Å². The highest BCUT2D eigenvalue weighted by Gasteiger charge is 2.40. The maximum atomic E-state index is 12.7. The smallest absolute Gasteiger partial charge is 0.323 e. The lowest BCUT2D eigenvalue weighted by atomic mass is 9.85. The molecule has 1 saturated heterocycles. The van der Waals surface area contributed by atoms with Gasteiger partial charge in [0, 0.05) is 19.1 Å². The Morgan fingerprint density at radius 2 is 1.85 bits per heavy atom. The van der Waals surface area contributed by atoms with Crippen LogP contribution in [0, 0.1) is 11.8 Å². The van der Waals surface area contributed by atoms with E-state index >= 15 is 0 Å². The van der Waals surface area contributed by atoms with E-state index in [1.165, 1.54) is 19.3 Å². The van der Waals surface area contributed by atoms with Crippen LogP contribution in [-0.4, -0.2) is 52.6 Å². The first-order valence-electron chi connectivity index (χ1n) is 7.92. The number of carbonyl (C=O) groups is 2. The fraction of sp³-hybridized carbons (Fsp3) is 0.867. The van der Waals surface area contributed by atoms with Crippen LogP contribution in [0.15, 0.2) is 0 Å². The molecule has 3 rings (SSSR count). The number of fused-ring (bicyclic) bond motifs is 1. The van der Waals surface area contributed by atoms with Crippen molar-refractivity contribution < 1.29 is 14.7 Å². The van der Waals surface area contributed by atoms with Crippen molar-refractivity contribution in [2.75, 3.05) is 19.6 Å². The van der Waals surface area contributed by atoms with Gasteiger partial charge in [-0.3, -0.25) is 4.79 Å². The number of urea groups is 1. The van der Waals surface area contributed by atoms with Gasteiger partial charge >= 0.3 is 12.0 Å². The number of aliphatic carboxylic acids is 1. The molecule has 0 spiro atoms. The molecule has 0 aromatic rings. The summed E-state index contributed by atoms with van der Waals surface area (Å²) >= 11 is 0. The van der Waals surface area contributed by atoms with Crippen molar-refractivity contribution in [1.29, 1.82) is 0 Å². The molecule has 3 fully saturated rings. The van der Waals surface area contributed by atoms with E-state index in [0.717, 1.165) is 32.2 Å². The minimum absolute atomic E-state index is 0.0336. The number of carboxylic acids is 1. The lowest BCUT2D eigenvalue weighted by Crippen LogP contribution is -2.49. The maximum Gasteiger partial charge on any atom is 0.323 e. The monoisotopic (exact) mass is 280 g/mol. The number of carboxylic acid groups (broad SMARTS) is 1. The van der Waals surface area contributed by atoms with Crippen LogP contribution in [0.5, 0.6) is 0 Å². The summed E-state index contributed by atoms with van der Waals surface area (Å²) in [6.07, 6.45) is 8.18. The molecule has 2 saturated carbocycles. The average molecular weight is 280 g/mol. The topological polar surface area (TPSA) is 60.9 Å². The Kier molecular flexibility index (Phi) is 3.85. The van der Waals surface area contributed by atoms with Gasteiger partial charge in [-0.15, -0.1) is 0 Å². The van der Waals surface area contributed by atoms with Crippen molar-refractivity contribution in [2.45, 2.75) is 51.0 Å². The summed E-state index contributed by atoms with van der Waals surface area (Å²) in [7, 11) is 0. The maximum absolute atomic E-state index is 12.7. The summed E-state index contributed by atoms with van der Waals surface area (Å²) < 4.78 is 0. The van der Waals surface area contributed by atoms with Gasteiger partial charge in [0.25, 0.3) is 0 Å². The molecule has 1 N–H and O–H groups in total. The van der Waals surface area contributed by atoms with Crippen molar-refractivity contribution >= 4 is 12.0 Å². The highest BCUT2D eigenvalue weighted by molar-refractivity contribution is 5.80. The lowest BCUT2D eigenvalue weighted by Gasteiger charge is -2.35. The van der Waals surface area contributed by atoms with Crippen molar-refractivity contribution in [1.82, 2.24) is 9.80 Å². The minimum atomic E-state index is -0.904. The molecule has 1 aliphatic heterocycles. The fourth-order valence-corrected chi connectivity index (χ4v) is 3.81. The summed E-state index contributed by atoms with van der Waals surface area (Å²) in [5.74, 6) is 0.279. The Hall–Kier alpha value is -1.26. The van der Waals surface area contributed by atoms with E-state index in [-0.39, 0.29) is 12.6 Å². The number of likely N-dealkylation sites (tertiary alicyclic amines) is 1. The molecule has 3 aliphatic rings. The molecule has 2 amide bonds. The Balaban J connectivity index is 1.66. The Labute approximate surface area is 119 Å². The number of hydrogen-bond donors (Lipinski definition) is 1. The van der Waals surface area contributed by atoms with Crippen molar-refractivity contribution in [3.8, 4) is 0 Å². The van der Waals surface area contributed by atoms with E-state index in [0.29, 0.717) is 24.4 Å². The number of amides is 2. The number of hydrogen-bond acceptors (Lipinski definition) is 2. The van der Waals surface area contributed by atoms with Gasteiger partial charge in [0.2, 0.25) is 0 Å². The first kappa shape index (κ1) is 13.7. The van der Waals surface area contributed by atoms with Crippen LogP contribution in [0.2, 0.25) is 0 Å². The summed E-state index contributed by atoms with van der Waals surface area (Å²) in [6, 6.07) is 0.334. The molecule has 0 bridgehead atoms. The van der Waals surface area contributed by atoms with Crippen molar-refractivity contribution in [2.24, 2.45) is 11.8 Å². The van der Waals surface area contributed by atoms with E-state index in [4.69, 9.17) is 5.11 Å². The third kappa shape index (κ3) is 2.91. The zero-order valence-corrected chi connectivity index (χ0v) is 12.0. The number of rotatable bonds is 4. The molecule has 112 valence electrons. The van der Waals surface area contributed by atoms with Gasteiger partial charge in [-0.25, -0.2) is 4.79 Å². The molecule has 20 heavy (non-hydrogen) atoms. The van der Waals surface area contributed by atoms with E-state index in [1.54, 1.807) is 4.90 Å². The van der Waals surface area contributed by atoms with Crippen LogP contribution >= 0.6 is 0 Å². The van der Waals surface area contributed by atoms with Crippen LogP contribution in [0.1, 0.15) is 44.9 Å². The first-order valence-corrected chi connectivity index (χ1v) is 7.92. The normalized spacial score (nSPS) is 29.1. The zero-order valence-electron chi connectivity index (χ0n) is 12.0. The van der Waals surface area contributed by atoms with Gasteiger partial charge in [-0.2, -0.15) is 0 Å². The molecular weight excluding hydrogens is 256 g/mol. The molecule has 0 radical (unpaired) electrons. The van der Waals surface area contributed by atoms with Crippen molar-refractivity contribution in [3.63, 3.8) is 0 Å². The SMILES string of the molecule is O=C(O)CN(CC1CC1)C(=O)N1CCC2CCCCC21. The van der Waals surface area contributed by atoms with E-state index < -0.39 is 5.97 Å². The Bertz CT molecular complexity index is 395. The van der Waals surface area contributed by atoms with E-state index in [9.17, 15) is 9.59 Å². The molecule has 2 aliphatic carbocycles. The largest absolute Gasteiger partial charge is 0.480 e. The predicted octanol–water partition coefficient (Wildman–Crippen LogP) is 2.17. The molecule has 1 heterocycles. The van der Waals surface area contributed by atoms with Gasteiger partial charge in [0.15, 0.2) is 0 Å². The molecule has 5 nitrogen and oxygen atoms in total. The standard InChI is InChI=1S/C15H24N2O3/c18-14(19)10-16(9-11-5-6-11)15(20)17-8-7-12-3-1-2-4-13(12)17/h11-13H,1-10H2,(H,18,19). The third-order valence-electron chi connectivity index (χ3n) is 5.03. The average Bonchev–Trinajstić information content (AvgIpc) is 3.14. The Morgan fingerprint density at radius 3 is 2.55 bits per heavy atom. The molecule has 2 unspecified atom stereocenters. The van der Waals surface area contributed by atoms with Gasteiger partial charge in [0.1, 0.15) is 6.54 Å². The van der Waals surface area contributed by atoms with E-state index in [2.05, 4.69) is 0 Å². The highest BCUT2D eigenvalue weighted by atomic mass is 16.4. The van der Waals surface area contributed by atoms with Crippen LogP contribution in [-0.2, 0) is 4.79 Å². The third-order valence-corrected chi connectivity index (χ3v) is 5.03. The number of carbonyl (C=O) groups excluding carboxylic acids is 1. The highest BCUT2D eigenvalue weighted by Crippen LogP contribution is 2.37. The lowest BCUT2D eigenvalue weighted by molar-refractivity contribution is -0.137. The van der Waals surface area contributed by atoms with Crippen LogP contribution in [0.4, 0.5) is 4.79 Å². The fourth-order valence-electron chi connectivity index (χ4n) is 3.81. The van der Waals surface area contributed by atoms with E-state index in [1.807, 2.05) is 4.90 Å². The summed E-state index contributed by atoms with van der Waals surface area (Å²) in [5.41, 5.74) is 0. The summed E-state index contributed by atoms with van der Waals surface area (Å²) in [6.45, 7) is 1.29. The van der Waals surface area contributed by atoms with Gasteiger partial charge in [-0.1, -0.05) is 12.8 Å². The van der Waals surface area contributed by atoms with Gasteiger partial charge in [0.05, 0.1) is 0 Å². The molecular formula is C15H24N2O3. The summed E-state index contributed by atoms with van der Waals surface area (Å²) in [4.78, 5) is 27.2. The predicted molar refractivity (Wildman–Crippen MR) is 74.4 cm³/mol. The molecule has 0 aromatic heterocycles. The minimum Gasteiger partial charge on any atom is -0.480 e. The second kappa shape index (κ2) is 5.62. The zero-order chi connectivity index (χ0) is 14.1.